The van der Waals surface area contributed by atoms with Crippen molar-refractivity contribution < 1.29 is 5.11 Å². The second kappa shape index (κ2) is 3.50. The Bertz CT molecular complexity index is 28.7. The van der Waals surface area contributed by atoms with Crippen LogP contribution >= 0.6 is 11.8 Å². The second-order valence-corrected chi connectivity index (χ2v) is 2.65. The molecule has 0 amide bonds. The third-order valence-corrected chi connectivity index (χ3v) is 1.22. The number of aliphatic hydroxyl groups is 1. The highest BCUT2D eigenvalue weighted by atomic mass is 32.2. The van der Waals surface area contributed by atoms with Gasteiger partial charge < -0.3 is 5.11 Å². The lowest BCUT2D eigenvalue weighted by molar-refractivity contribution is 0.284. The maximum atomic E-state index is 8.52. The molecule has 0 aromatic rings. The minimum Gasteiger partial charge on any atom is -0.383 e. The topological polar surface area (TPSA) is 20.2 Å². The van der Waals surface area contributed by atoms with E-state index in [0.29, 0.717) is 0 Å². The zero-order chi connectivity index (χ0) is 4.99. The van der Waals surface area contributed by atoms with E-state index >= 15 is 0 Å². The Morgan fingerprint density at radius 2 is 2.33 bits per heavy atom. The van der Waals surface area contributed by atoms with Crippen LogP contribution in [0.1, 0.15) is 13.8 Å². The second-order valence-electron chi connectivity index (χ2n) is 1.05. The SMILES string of the molecule is CCS[C@@H](C)O. The van der Waals surface area contributed by atoms with Crippen molar-refractivity contribution in [1.29, 1.82) is 0 Å². The summed E-state index contributed by atoms with van der Waals surface area (Å²) in [6, 6.07) is 0. The van der Waals surface area contributed by atoms with E-state index in [-0.39, 0.29) is 5.44 Å². The quantitative estimate of drug-likeness (QED) is 0.531. The van der Waals surface area contributed by atoms with Gasteiger partial charge >= 0.3 is 0 Å². The van der Waals surface area contributed by atoms with E-state index in [1.165, 1.54) is 0 Å². The molecule has 0 bridgehead atoms. The summed E-state index contributed by atoms with van der Waals surface area (Å²) in [5, 5.41) is 8.52. The molecule has 0 saturated heterocycles. The molecular weight excluding hydrogens is 96.1 g/mol. The molecule has 0 rings (SSSR count). The summed E-state index contributed by atoms with van der Waals surface area (Å²) < 4.78 is 0. The fourth-order valence-electron chi connectivity index (χ4n) is 0.241. The molecule has 0 aliphatic heterocycles. The van der Waals surface area contributed by atoms with Crippen molar-refractivity contribution in [3.63, 3.8) is 0 Å². The standard InChI is InChI=1S/C4H10OS/c1-3-6-4(2)5/h4-5H,3H2,1-2H3/t4-/m0/s1. The third-order valence-electron chi connectivity index (χ3n) is 0.408. The third kappa shape index (κ3) is 4.31. The highest BCUT2D eigenvalue weighted by Gasteiger charge is 1.87. The lowest BCUT2D eigenvalue weighted by Crippen LogP contribution is -1.90. The number of thioether (sulfide) groups is 1. The van der Waals surface area contributed by atoms with Gasteiger partial charge in [-0.3, -0.25) is 0 Å². The molecule has 0 unspecified atom stereocenters. The monoisotopic (exact) mass is 106 g/mol. The Morgan fingerprint density at radius 1 is 1.83 bits per heavy atom. The van der Waals surface area contributed by atoms with Crippen molar-refractivity contribution in [3.05, 3.63) is 0 Å². The van der Waals surface area contributed by atoms with Crippen LogP contribution in [0.4, 0.5) is 0 Å². The zero-order valence-electron chi connectivity index (χ0n) is 4.14. The van der Waals surface area contributed by atoms with Gasteiger partial charge in [0.25, 0.3) is 0 Å². The first-order valence-electron chi connectivity index (χ1n) is 2.07. The summed E-state index contributed by atoms with van der Waals surface area (Å²) in [7, 11) is 0. The van der Waals surface area contributed by atoms with E-state index in [2.05, 4.69) is 0 Å². The summed E-state index contributed by atoms with van der Waals surface area (Å²) >= 11 is 1.54. The minimum atomic E-state index is -0.185. The highest BCUT2D eigenvalue weighted by Crippen LogP contribution is 2.03. The Balaban J connectivity index is 2.63. The summed E-state index contributed by atoms with van der Waals surface area (Å²) in [5.41, 5.74) is -0.185. The molecule has 2 heteroatoms. The van der Waals surface area contributed by atoms with Crippen molar-refractivity contribution in [1.82, 2.24) is 0 Å². The molecule has 0 saturated carbocycles. The van der Waals surface area contributed by atoms with Crippen molar-refractivity contribution in [2.24, 2.45) is 0 Å². The average Bonchev–Trinajstić information content (AvgIpc) is 1.35. The fourth-order valence-corrected chi connectivity index (χ4v) is 0.724. The molecule has 0 heterocycles. The van der Waals surface area contributed by atoms with Gasteiger partial charge in [0, 0.05) is 0 Å². The normalized spacial score (nSPS) is 14.5. The molecule has 38 valence electrons. The number of aliphatic hydroxyl groups excluding tert-OH is 1. The van der Waals surface area contributed by atoms with Crippen LogP contribution in [0.15, 0.2) is 0 Å². The van der Waals surface area contributed by atoms with E-state index in [0.717, 1.165) is 5.75 Å². The van der Waals surface area contributed by atoms with E-state index in [1.54, 1.807) is 18.7 Å². The van der Waals surface area contributed by atoms with E-state index in [9.17, 15) is 0 Å². The van der Waals surface area contributed by atoms with Gasteiger partial charge in [-0.05, 0) is 12.7 Å². The van der Waals surface area contributed by atoms with Crippen LogP contribution in [0.2, 0.25) is 0 Å². The molecule has 0 fully saturated rings. The lowest BCUT2D eigenvalue weighted by atomic mass is 10.9. The van der Waals surface area contributed by atoms with Gasteiger partial charge in [-0.15, -0.1) is 11.8 Å². The molecule has 0 radical (unpaired) electrons. The summed E-state index contributed by atoms with van der Waals surface area (Å²) in [4.78, 5) is 0. The maximum absolute atomic E-state index is 8.52. The summed E-state index contributed by atoms with van der Waals surface area (Å²) in [6.45, 7) is 3.80. The van der Waals surface area contributed by atoms with Crippen LogP contribution in [-0.2, 0) is 0 Å². The number of hydrogen-bond acceptors (Lipinski definition) is 2. The Morgan fingerprint density at radius 3 is 2.33 bits per heavy atom. The highest BCUT2D eigenvalue weighted by molar-refractivity contribution is 7.99. The van der Waals surface area contributed by atoms with E-state index in [1.807, 2.05) is 6.92 Å². The zero-order valence-corrected chi connectivity index (χ0v) is 4.96. The Kier molecular flexibility index (Phi) is 3.68. The molecular formula is C4H10OS. The van der Waals surface area contributed by atoms with E-state index in [4.69, 9.17) is 5.11 Å². The van der Waals surface area contributed by atoms with Crippen LogP contribution in [0.3, 0.4) is 0 Å². The molecule has 1 N–H and O–H groups in total. The molecule has 6 heavy (non-hydrogen) atoms. The fraction of sp³-hybridized carbons (Fsp3) is 1.00. The van der Waals surface area contributed by atoms with Crippen molar-refractivity contribution in [2.45, 2.75) is 19.3 Å². The first-order valence-corrected chi connectivity index (χ1v) is 3.12. The first kappa shape index (κ1) is 6.31. The van der Waals surface area contributed by atoms with Crippen LogP contribution < -0.4 is 0 Å². The minimum absolute atomic E-state index is 0.185. The number of rotatable bonds is 2. The van der Waals surface area contributed by atoms with E-state index < -0.39 is 0 Å². The van der Waals surface area contributed by atoms with Gasteiger partial charge in [-0.2, -0.15) is 0 Å². The molecule has 0 aliphatic rings. The Hall–Kier alpha value is 0.310. The predicted molar refractivity (Wildman–Crippen MR) is 29.8 cm³/mol. The first-order chi connectivity index (χ1) is 2.77. The van der Waals surface area contributed by atoms with Gasteiger partial charge in [0.15, 0.2) is 0 Å². The van der Waals surface area contributed by atoms with Crippen molar-refractivity contribution >= 4 is 11.8 Å². The van der Waals surface area contributed by atoms with Gasteiger partial charge in [0.1, 0.15) is 0 Å². The smallest absolute Gasteiger partial charge is 0.0964 e. The van der Waals surface area contributed by atoms with Gasteiger partial charge in [-0.1, -0.05) is 6.92 Å². The Labute approximate surface area is 42.8 Å². The molecule has 0 aromatic carbocycles. The van der Waals surface area contributed by atoms with Crippen LogP contribution in [-0.4, -0.2) is 16.3 Å². The van der Waals surface area contributed by atoms with Gasteiger partial charge in [0.2, 0.25) is 0 Å². The molecule has 1 atom stereocenters. The molecule has 0 spiro atoms. The lowest BCUT2D eigenvalue weighted by Gasteiger charge is -1.95. The van der Waals surface area contributed by atoms with Crippen molar-refractivity contribution in [2.75, 3.05) is 5.75 Å². The predicted octanol–water partition coefficient (Wildman–Crippen LogP) is 1.08. The largest absolute Gasteiger partial charge is 0.383 e. The number of hydrogen-bond donors (Lipinski definition) is 1. The summed E-state index contributed by atoms with van der Waals surface area (Å²) in [6.07, 6.45) is 0. The summed E-state index contributed by atoms with van der Waals surface area (Å²) in [5.74, 6) is 0.998. The van der Waals surface area contributed by atoms with Crippen LogP contribution in [0.5, 0.6) is 0 Å². The van der Waals surface area contributed by atoms with Crippen LogP contribution in [0.25, 0.3) is 0 Å². The van der Waals surface area contributed by atoms with Crippen LogP contribution in [0, 0.1) is 0 Å². The molecule has 0 aromatic heterocycles. The van der Waals surface area contributed by atoms with Crippen molar-refractivity contribution in [3.8, 4) is 0 Å². The van der Waals surface area contributed by atoms with Gasteiger partial charge in [0.05, 0.1) is 5.44 Å². The molecule has 0 aliphatic carbocycles. The average molecular weight is 106 g/mol. The maximum Gasteiger partial charge on any atom is 0.0964 e. The van der Waals surface area contributed by atoms with Gasteiger partial charge in [-0.25, -0.2) is 0 Å². The molecule has 1 nitrogen and oxygen atoms in total.